The number of carbonyl (C=O) groups excluding carboxylic acids is 1. The van der Waals surface area contributed by atoms with Crippen molar-refractivity contribution in [3.05, 3.63) is 42.5 Å². The standard InChI is InChI=1S/C13H15F3N2O2/c1-3-8-17-12(19)18-11(13(14,15)16)9-4-6-10(20-2)7-5-9/h3-7,11H,1,8H2,2H3,(H2,17,18,19). The van der Waals surface area contributed by atoms with E-state index in [0.717, 1.165) is 0 Å². The zero-order chi connectivity index (χ0) is 15.2. The monoisotopic (exact) mass is 288 g/mol. The van der Waals surface area contributed by atoms with Gasteiger partial charge in [0, 0.05) is 6.54 Å². The van der Waals surface area contributed by atoms with Crippen LogP contribution in [-0.2, 0) is 0 Å². The van der Waals surface area contributed by atoms with Crippen molar-refractivity contribution in [1.29, 1.82) is 0 Å². The maximum atomic E-state index is 13.0. The SMILES string of the molecule is C=CCNC(=O)NC(c1ccc(OC)cc1)C(F)(F)F. The van der Waals surface area contributed by atoms with Crippen molar-refractivity contribution in [3.8, 4) is 5.75 Å². The van der Waals surface area contributed by atoms with E-state index in [0.29, 0.717) is 5.75 Å². The molecule has 0 saturated carbocycles. The fourth-order valence-electron chi connectivity index (χ4n) is 1.50. The van der Waals surface area contributed by atoms with Crippen molar-refractivity contribution >= 4 is 6.03 Å². The number of urea groups is 1. The Hall–Kier alpha value is -2.18. The van der Waals surface area contributed by atoms with Gasteiger partial charge >= 0.3 is 12.2 Å². The third kappa shape index (κ3) is 4.49. The summed E-state index contributed by atoms with van der Waals surface area (Å²) in [4.78, 5) is 11.4. The summed E-state index contributed by atoms with van der Waals surface area (Å²) in [7, 11) is 1.41. The molecule has 7 heteroatoms. The highest BCUT2D eigenvalue weighted by Gasteiger charge is 2.41. The second kappa shape index (κ2) is 6.83. The second-order valence-electron chi connectivity index (χ2n) is 3.89. The molecule has 1 aromatic rings. The Labute approximate surface area is 114 Å². The van der Waals surface area contributed by atoms with Crippen LogP contribution in [0.4, 0.5) is 18.0 Å². The van der Waals surface area contributed by atoms with Gasteiger partial charge in [-0.25, -0.2) is 4.79 Å². The maximum absolute atomic E-state index is 13.0. The lowest BCUT2D eigenvalue weighted by Gasteiger charge is -2.22. The van der Waals surface area contributed by atoms with Gasteiger partial charge in [0.25, 0.3) is 0 Å². The summed E-state index contributed by atoms with van der Waals surface area (Å²) in [5, 5.41) is 4.12. The number of methoxy groups -OCH3 is 1. The van der Waals surface area contributed by atoms with Crippen LogP contribution >= 0.6 is 0 Å². The first-order valence-corrected chi connectivity index (χ1v) is 5.74. The maximum Gasteiger partial charge on any atom is 0.412 e. The predicted molar refractivity (Wildman–Crippen MR) is 68.5 cm³/mol. The number of hydrogen-bond donors (Lipinski definition) is 2. The first-order chi connectivity index (χ1) is 9.38. The lowest BCUT2D eigenvalue weighted by molar-refractivity contribution is -0.154. The average Bonchev–Trinajstić information content (AvgIpc) is 2.41. The van der Waals surface area contributed by atoms with E-state index < -0.39 is 18.2 Å². The molecule has 0 aliphatic heterocycles. The van der Waals surface area contributed by atoms with Crippen molar-refractivity contribution < 1.29 is 22.7 Å². The molecule has 0 fully saturated rings. The van der Waals surface area contributed by atoms with Gasteiger partial charge in [0.15, 0.2) is 6.04 Å². The molecule has 0 spiro atoms. The number of hydrogen-bond acceptors (Lipinski definition) is 2. The molecule has 0 bridgehead atoms. The van der Waals surface area contributed by atoms with Crippen LogP contribution in [0, 0.1) is 0 Å². The Bertz CT molecular complexity index is 458. The zero-order valence-electron chi connectivity index (χ0n) is 10.8. The molecule has 1 rings (SSSR count). The lowest BCUT2D eigenvalue weighted by atomic mass is 10.1. The number of benzene rings is 1. The van der Waals surface area contributed by atoms with Crippen LogP contribution in [0.5, 0.6) is 5.75 Å². The number of amides is 2. The molecule has 2 amide bonds. The second-order valence-corrected chi connectivity index (χ2v) is 3.89. The van der Waals surface area contributed by atoms with Gasteiger partial charge in [-0.05, 0) is 17.7 Å². The molecule has 1 aromatic carbocycles. The number of ether oxygens (including phenoxy) is 1. The molecule has 0 saturated heterocycles. The fourth-order valence-corrected chi connectivity index (χ4v) is 1.50. The summed E-state index contributed by atoms with van der Waals surface area (Å²) in [5.41, 5.74) is -0.0768. The summed E-state index contributed by atoms with van der Waals surface area (Å²) in [6, 6.07) is 2.31. The smallest absolute Gasteiger partial charge is 0.412 e. The summed E-state index contributed by atoms with van der Waals surface area (Å²) in [6.07, 6.45) is -3.23. The summed E-state index contributed by atoms with van der Waals surface area (Å²) in [5.74, 6) is 0.436. The van der Waals surface area contributed by atoms with Crippen LogP contribution in [-0.4, -0.2) is 25.9 Å². The molecular formula is C13H15F3N2O2. The van der Waals surface area contributed by atoms with Crippen LogP contribution in [0.1, 0.15) is 11.6 Å². The van der Waals surface area contributed by atoms with Crippen LogP contribution in [0.15, 0.2) is 36.9 Å². The van der Waals surface area contributed by atoms with E-state index in [1.807, 2.05) is 5.32 Å². The highest BCUT2D eigenvalue weighted by atomic mass is 19.4. The minimum absolute atomic E-state index is 0.0768. The number of carbonyl (C=O) groups is 1. The zero-order valence-corrected chi connectivity index (χ0v) is 10.8. The Morgan fingerprint density at radius 2 is 2.00 bits per heavy atom. The van der Waals surface area contributed by atoms with Gasteiger partial charge in [-0.3, -0.25) is 0 Å². The van der Waals surface area contributed by atoms with E-state index in [4.69, 9.17) is 4.74 Å². The van der Waals surface area contributed by atoms with E-state index in [9.17, 15) is 18.0 Å². The molecular weight excluding hydrogens is 273 g/mol. The number of halogens is 3. The highest BCUT2D eigenvalue weighted by molar-refractivity contribution is 5.74. The number of rotatable bonds is 5. The topological polar surface area (TPSA) is 50.4 Å². The predicted octanol–water partition coefficient (Wildman–Crippen LogP) is 2.78. The Kier molecular flexibility index (Phi) is 5.42. The molecule has 2 N–H and O–H groups in total. The van der Waals surface area contributed by atoms with E-state index in [1.165, 1.54) is 37.5 Å². The van der Waals surface area contributed by atoms with Crippen molar-refractivity contribution in [1.82, 2.24) is 10.6 Å². The minimum atomic E-state index is -4.60. The van der Waals surface area contributed by atoms with E-state index in [2.05, 4.69) is 11.9 Å². The van der Waals surface area contributed by atoms with Crippen molar-refractivity contribution in [2.24, 2.45) is 0 Å². The molecule has 110 valence electrons. The van der Waals surface area contributed by atoms with Gasteiger partial charge in [-0.2, -0.15) is 13.2 Å². The van der Waals surface area contributed by atoms with Crippen LogP contribution in [0.3, 0.4) is 0 Å². The van der Waals surface area contributed by atoms with Crippen LogP contribution in [0.2, 0.25) is 0 Å². The molecule has 0 aliphatic rings. The molecule has 20 heavy (non-hydrogen) atoms. The van der Waals surface area contributed by atoms with E-state index in [1.54, 1.807) is 0 Å². The number of alkyl halides is 3. The van der Waals surface area contributed by atoms with Crippen LogP contribution < -0.4 is 15.4 Å². The average molecular weight is 288 g/mol. The summed E-state index contributed by atoms with van der Waals surface area (Å²) in [6.45, 7) is 3.44. The molecule has 0 aromatic heterocycles. The lowest BCUT2D eigenvalue weighted by Crippen LogP contribution is -2.43. The normalized spacial score (nSPS) is 12.4. The minimum Gasteiger partial charge on any atom is -0.497 e. The van der Waals surface area contributed by atoms with Gasteiger partial charge < -0.3 is 15.4 Å². The Balaban J connectivity index is 2.88. The molecule has 0 heterocycles. The van der Waals surface area contributed by atoms with Gasteiger partial charge in [0.05, 0.1) is 7.11 Å². The Morgan fingerprint density at radius 1 is 1.40 bits per heavy atom. The van der Waals surface area contributed by atoms with Gasteiger partial charge in [0.1, 0.15) is 5.75 Å². The fraction of sp³-hybridized carbons (Fsp3) is 0.308. The van der Waals surface area contributed by atoms with Crippen molar-refractivity contribution in [2.45, 2.75) is 12.2 Å². The molecule has 0 aliphatic carbocycles. The Morgan fingerprint density at radius 3 is 2.45 bits per heavy atom. The molecule has 0 radical (unpaired) electrons. The molecule has 4 nitrogen and oxygen atoms in total. The van der Waals surface area contributed by atoms with Crippen molar-refractivity contribution in [3.63, 3.8) is 0 Å². The molecule has 1 unspecified atom stereocenters. The van der Waals surface area contributed by atoms with Crippen molar-refractivity contribution in [2.75, 3.05) is 13.7 Å². The van der Waals surface area contributed by atoms with Gasteiger partial charge in [0.2, 0.25) is 0 Å². The summed E-state index contributed by atoms with van der Waals surface area (Å²) < 4.78 is 43.8. The highest BCUT2D eigenvalue weighted by Crippen LogP contribution is 2.33. The summed E-state index contributed by atoms with van der Waals surface area (Å²) >= 11 is 0. The number of nitrogens with one attached hydrogen (secondary N) is 2. The third-order valence-electron chi connectivity index (χ3n) is 2.46. The van der Waals surface area contributed by atoms with Crippen LogP contribution in [0.25, 0.3) is 0 Å². The third-order valence-corrected chi connectivity index (χ3v) is 2.46. The molecule has 1 atom stereocenters. The van der Waals surface area contributed by atoms with Gasteiger partial charge in [-0.15, -0.1) is 6.58 Å². The largest absolute Gasteiger partial charge is 0.497 e. The first kappa shape index (κ1) is 15.9. The van der Waals surface area contributed by atoms with E-state index >= 15 is 0 Å². The van der Waals surface area contributed by atoms with Gasteiger partial charge in [-0.1, -0.05) is 18.2 Å². The first-order valence-electron chi connectivity index (χ1n) is 5.74. The quantitative estimate of drug-likeness (QED) is 0.819. The van der Waals surface area contributed by atoms with E-state index in [-0.39, 0.29) is 12.1 Å².